The fraction of sp³-hybridized carbons (Fsp3) is 0.0909. The van der Waals surface area contributed by atoms with Crippen molar-refractivity contribution >= 4 is 46.1 Å². The number of H-pyrrole nitrogens is 1. The largest absolute Gasteiger partial charge is 0.397 e. The summed E-state index contributed by atoms with van der Waals surface area (Å²) in [6.07, 6.45) is 0. The quantitative estimate of drug-likeness (QED) is 0.759. The van der Waals surface area contributed by atoms with Crippen LogP contribution in [0, 0.1) is 0 Å². The molecule has 0 fully saturated rings. The molecule has 0 radical (unpaired) electrons. The Morgan fingerprint density at radius 1 is 1.42 bits per heavy atom. The number of nitrogen functional groups attached to an aromatic ring is 1. The third-order valence-electron chi connectivity index (χ3n) is 2.33. The minimum absolute atomic E-state index is 0.164. The van der Waals surface area contributed by atoms with Gasteiger partial charge >= 0.3 is 4.87 Å². The van der Waals surface area contributed by atoms with E-state index < -0.39 is 0 Å². The van der Waals surface area contributed by atoms with Crippen molar-refractivity contribution in [3.63, 3.8) is 0 Å². The molecular weight excluding hydrogens is 309 g/mol. The Morgan fingerprint density at radius 2 is 2.16 bits per heavy atom. The zero-order valence-corrected chi connectivity index (χ0v) is 11.8. The lowest BCUT2D eigenvalue weighted by Gasteiger charge is -2.07. The van der Waals surface area contributed by atoms with Crippen LogP contribution in [-0.2, 0) is 6.54 Å². The number of rotatable bonds is 3. The van der Waals surface area contributed by atoms with Gasteiger partial charge in [0.15, 0.2) is 0 Å². The molecule has 4 N–H and O–H groups in total. The highest BCUT2D eigenvalue weighted by atomic mass is 35.5. The van der Waals surface area contributed by atoms with Crippen LogP contribution in [0.3, 0.4) is 0 Å². The molecule has 0 aliphatic rings. The predicted octanol–water partition coefficient (Wildman–Crippen LogP) is 2.26. The number of hydrogen-bond acceptors (Lipinski definition) is 4. The molecule has 0 saturated carbocycles. The Kier molecular flexibility index (Phi) is 4.14. The van der Waals surface area contributed by atoms with Crippen molar-refractivity contribution in [2.75, 3.05) is 5.73 Å². The molecule has 19 heavy (non-hydrogen) atoms. The van der Waals surface area contributed by atoms with Crippen LogP contribution in [0.2, 0.25) is 10.0 Å². The maximum atomic E-state index is 11.9. The van der Waals surface area contributed by atoms with Crippen molar-refractivity contribution in [1.29, 1.82) is 0 Å². The van der Waals surface area contributed by atoms with Gasteiger partial charge in [-0.3, -0.25) is 9.59 Å². The van der Waals surface area contributed by atoms with Crippen LogP contribution in [0.1, 0.15) is 16.1 Å². The van der Waals surface area contributed by atoms with Crippen LogP contribution in [0.25, 0.3) is 0 Å². The van der Waals surface area contributed by atoms with E-state index in [0.29, 0.717) is 11.3 Å². The second-order valence-corrected chi connectivity index (χ2v) is 5.34. The number of benzene rings is 1. The molecule has 2 aromatic rings. The summed E-state index contributed by atoms with van der Waals surface area (Å²) in [5.74, 6) is -0.350. The molecule has 0 saturated heterocycles. The van der Waals surface area contributed by atoms with Gasteiger partial charge in [-0.15, -0.1) is 0 Å². The van der Waals surface area contributed by atoms with Gasteiger partial charge in [0.2, 0.25) is 0 Å². The molecule has 0 spiro atoms. The van der Waals surface area contributed by atoms with Gasteiger partial charge < -0.3 is 16.0 Å². The van der Waals surface area contributed by atoms with Crippen molar-refractivity contribution in [3.8, 4) is 0 Å². The molecule has 2 rings (SSSR count). The normalized spacial score (nSPS) is 10.4. The topological polar surface area (TPSA) is 88.0 Å². The van der Waals surface area contributed by atoms with E-state index in [1.54, 1.807) is 5.38 Å². The number of carbonyl (C=O) groups excluding carboxylic acids is 1. The summed E-state index contributed by atoms with van der Waals surface area (Å²) >= 11 is 12.7. The van der Waals surface area contributed by atoms with Gasteiger partial charge in [-0.25, -0.2) is 0 Å². The Bertz CT molecular complexity index is 658. The van der Waals surface area contributed by atoms with E-state index in [0.717, 1.165) is 11.3 Å². The number of aromatic nitrogens is 1. The van der Waals surface area contributed by atoms with Gasteiger partial charge in [-0.1, -0.05) is 34.5 Å². The highest BCUT2D eigenvalue weighted by Crippen LogP contribution is 2.29. The number of anilines is 1. The third-order valence-corrected chi connectivity index (χ3v) is 3.86. The van der Waals surface area contributed by atoms with Gasteiger partial charge in [0, 0.05) is 16.6 Å². The van der Waals surface area contributed by atoms with E-state index in [2.05, 4.69) is 10.3 Å². The Morgan fingerprint density at radius 3 is 2.74 bits per heavy atom. The van der Waals surface area contributed by atoms with Gasteiger partial charge in [-0.2, -0.15) is 0 Å². The Hall–Kier alpha value is -1.50. The third kappa shape index (κ3) is 3.28. The molecule has 1 aromatic carbocycles. The van der Waals surface area contributed by atoms with Crippen molar-refractivity contribution in [3.05, 3.63) is 48.5 Å². The average molecular weight is 318 g/mol. The number of amides is 1. The lowest BCUT2D eigenvalue weighted by Crippen LogP contribution is -2.23. The summed E-state index contributed by atoms with van der Waals surface area (Å²) in [5, 5.41) is 4.73. The van der Waals surface area contributed by atoms with Crippen molar-refractivity contribution < 1.29 is 4.79 Å². The molecule has 100 valence electrons. The molecule has 5 nitrogen and oxygen atoms in total. The van der Waals surface area contributed by atoms with E-state index in [-0.39, 0.29) is 33.1 Å². The van der Waals surface area contributed by atoms with Gasteiger partial charge in [-0.05, 0) is 12.1 Å². The van der Waals surface area contributed by atoms with Gasteiger partial charge in [0.05, 0.1) is 22.3 Å². The van der Waals surface area contributed by atoms with E-state index in [1.165, 1.54) is 12.1 Å². The molecule has 1 amide bonds. The molecule has 1 heterocycles. The molecule has 0 aliphatic heterocycles. The second kappa shape index (κ2) is 5.64. The Balaban J connectivity index is 2.10. The number of nitrogens with one attached hydrogen (secondary N) is 2. The SMILES string of the molecule is Nc1cc(C(=O)NCc2csc(=O)[nH]2)cc(Cl)c1Cl. The van der Waals surface area contributed by atoms with Gasteiger partial charge in [0.25, 0.3) is 5.91 Å². The maximum absolute atomic E-state index is 11.9. The minimum atomic E-state index is -0.350. The van der Waals surface area contributed by atoms with E-state index >= 15 is 0 Å². The molecule has 1 aromatic heterocycles. The number of hydrogen-bond donors (Lipinski definition) is 3. The zero-order valence-electron chi connectivity index (χ0n) is 9.50. The van der Waals surface area contributed by atoms with E-state index in [9.17, 15) is 9.59 Å². The highest BCUT2D eigenvalue weighted by molar-refractivity contribution is 7.07. The number of nitrogens with two attached hydrogens (primary N) is 1. The average Bonchev–Trinajstić information content (AvgIpc) is 2.78. The van der Waals surface area contributed by atoms with Gasteiger partial charge in [0.1, 0.15) is 0 Å². The first kappa shape index (κ1) is 13.9. The summed E-state index contributed by atoms with van der Waals surface area (Å²) in [6.45, 7) is 0.220. The summed E-state index contributed by atoms with van der Waals surface area (Å²) in [6, 6.07) is 2.88. The number of halogens is 2. The van der Waals surface area contributed by atoms with Crippen LogP contribution in [-0.4, -0.2) is 10.9 Å². The number of carbonyl (C=O) groups is 1. The van der Waals surface area contributed by atoms with Crippen molar-refractivity contribution in [1.82, 2.24) is 10.3 Å². The predicted molar refractivity (Wildman–Crippen MR) is 77.0 cm³/mol. The van der Waals surface area contributed by atoms with Crippen molar-refractivity contribution in [2.24, 2.45) is 0 Å². The van der Waals surface area contributed by atoms with Crippen molar-refractivity contribution in [2.45, 2.75) is 6.54 Å². The molecular formula is C11H9Cl2N3O2S. The fourth-order valence-corrected chi connectivity index (χ4v) is 2.34. The zero-order chi connectivity index (χ0) is 14.0. The summed E-state index contributed by atoms with van der Waals surface area (Å²) < 4.78 is 0. The molecule has 0 atom stereocenters. The van der Waals surface area contributed by atoms with Crippen LogP contribution in [0.4, 0.5) is 5.69 Å². The lowest BCUT2D eigenvalue weighted by molar-refractivity contribution is 0.0950. The Labute approximate surface area is 122 Å². The standard InChI is InChI=1S/C11H9Cl2N3O2S/c12-7-1-5(2-8(14)9(7)13)10(17)15-3-6-4-19-11(18)16-6/h1-2,4H,3,14H2,(H,15,17)(H,16,18). The van der Waals surface area contributed by atoms with Crippen LogP contribution in [0.15, 0.2) is 22.3 Å². The first-order valence-corrected chi connectivity index (χ1v) is 6.80. The molecule has 0 bridgehead atoms. The van der Waals surface area contributed by atoms with E-state index in [1.807, 2.05) is 0 Å². The first-order chi connectivity index (χ1) is 8.97. The van der Waals surface area contributed by atoms with Crippen LogP contribution in [0.5, 0.6) is 0 Å². The highest BCUT2D eigenvalue weighted by Gasteiger charge is 2.11. The first-order valence-electron chi connectivity index (χ1n) is 5.17. The smallest absolute Gasteiger partial charge is 0.304 e. The summed E-state index contributed by atoms with van der Waals surface area (Å²) in [4.78, 5) is 25.2. The monoisotopic (exact) mass is 317 g/mol. The maximum Gasteiger partial charge on any atom is 0.304 e. The van der Waals surface area contributed by atoms with Crippen LogP contribution < -0.4 is 15.9 Å². The minimum Gasteiger partial charge on any atom is -0.397 e. The number of thiazole rings is 1. The molecule has 8 heteroatoms. The fourth-order valence-electron chi connectivity index (χ4n) is 1.42. The summed E-state index contributed by atoms with van der Waals surface area (Å²) in [7, 11) is 0. The molecule has 0 unspecified atom stereocenters. The lowest BCUT2D eigenvalue weighted by atomic mass is 10.2. The van der Waals surface area contributed by atoms with Crippen LogP contribution >= 0.6 is 34.5 Å². The van der Waals surface area contributed by atoms with E-state index in [4.69, 9.17) is 28.9 Å². The summed E-state index contributed by atoms with van der Waals surface area (Å²) in [5.41, 5.74) is 6.81. The molecule has 0 aliphatic carbocycles. The second-order valence-electron chi connectivity index (χ2n) is 3.72. The number of aromatic amines is 1.